The van der Waals surface area contributed by atoms with E-state index in [1.807, 2.05) is 0 Å². The van der Waals surface area contributed by atoms with Crippen LogP contribution in [0.3, 0.4) is 0 Å². The van der Waals surface area contributed by atoms with Gasteiger partial charge in [0, 0.05) is 6.54 Å². The van der Waals surface area contributed by atoms with E-state index in [0.717, 1.165) is 6.26 Å². The van der Waals surface area contributed by atoms with Gasteiger partial charge in [0.15, 0.2) is 0 Å². The molecule has 0 aliphatic rings. The fourth-order valence-corrected chi connectivity index (χ4v) is 0.669. The Morgan fingerprint density at radius 2 is 2.36 bits per heavy atom. The summed E-state index contributed by atoms with van der Waals surface area (Å²) in [5.41, 5.74) is 0. The molecule has 0 aliphatic heterocycles. The molecule has 1 unspecified atom stereocenters. The van der Waals surface area contributed by atoms with Crippen molar-refractivity contribution in [2.45, 2.75) is 19.4 Å². The fourth-order valence-electron chi connectivity index (χ4n) is 0.669. The number of hydrogen-bond acceptors (Lipinski definition) is 3. The Morgan fingerprint density at radius 1 is 1.73 bits per heavy atom. The van der Waals surface area contributed by atoms with E-state index in [-0.39, 0.29) is 0 Å². The molecule has 3 N–H and O–H groups in total. The number of nitrogens with one attached hydrogen (secondary N) is 1. The highest BCUT2D eigenvalue weighted by Crippen LogP contribution is 1.89. The van der Waals surface area contributed by atoms with Crippen LogP contribution in [0.1, 0.15) is 13.3 Å². The number of carboxylic acid groups (broad SMARTS) is 1. The van der Waals surface area contributed by atoms with Gasteiger partial charge >= 0.3 is 5.97 Å². The van der Waals surface area contributed by atoms with Crippen molar-refractivity contribution >= 4 is 5.97 Å². The van der Waals surface area contributed by atoms with Crippen LogP contribution in [0, 0.1) is 0 Å². The first-order valence-corrected chi connectivity index (χ1v) is 3.47. The number of hydrogen-bond donors (Lipinski definition) is 3. The highest BCUT2D eigenvalue weighted by molar-refractivity contribution is 5.73. The molecule has 0 aromatic heterocycles. The van der Waals surface area contributed by atoms with Crippen LogP contribution in [0.5, 0.6) is 0 Å². The monoisotopic (exact) mass is 159 g/mol. The van der Waals surface area contributed by atoms with Crippen molar-refractivity contribution in [3.63, 3.8) is 0 Å². The van der Waals surface area contributed by atoms with Gasteiger partial charge in [-0.15, -0.1) is 0 Å². The van der Waals surface area contributed by atoms with E-state index < -0.39 is 12.0 Å². The van der Waals surface area contributed by atoms with E-state index in [1.165, 1.54) is 6.08 Å². The van der Waals surface area contributed by atoms with Gasteiger partial charge in [0.1, 0.15) is 6.04 Å². The van der Waals surface area contributed by atoms with Crippen molar-refractivity contribution in [2.24, 2.45) is 0 Å². The van der Waals surface area contributed by atoms with Gasteiger partial charge in [-0.2, -0.15) is 0 Å². The van der Waals surface area contributed by atoms with Crippen LogP contribution in [0.15, 0.2) is 12.3 Å². The Morgan fingerprint density at radius 3 is 2.73 bits per heavy atom. The molecule has 0 saturated heterocycles. The van der Waals surface area contributed by atoms with Crippen molar-refractivity contribution in [1.82, 2.24) is 5.32 Å². The third-order valence-electron chi connectivity index (χ3n) is 1.29. The summed E-state index contributed by atoms with van der Waals surface area (Å²) in [7, 11) is 0. The van der Waals surface area contributed by atoms with Gasteiger partial charge in [-0.1, -0.05) is 6.92 Å². The minimum absolute atomic E-state index is 0.376. The summed E-state index contributed by atoms with van der Waals surface area (Å²) in [5, 5.41) is 19.5. The largest absolute Gasteiger partial charge is 0.516 e. The van der Waals surface area contributed by atoms with E-state index in [1.54, 1.807) is 6.92 Å². The van der Waals surface area contributed by atoms with Gasteiger partial charge in [-0.05, 0) is 12.5 Å². The number of aliphatic hydroxyl groups excluding tert-OH is 1. The van der Waals surface area contributed by atoms with Crippen LogP contribution in [0.4, 0.5) is 0 Å². The molecule has 0 heterocycles. The predicted octanol–water partition coefficient (Wildman–Crippen LogP) is 0.511. The summed E-state index contributed by atoms with van der Waals surface area (Å²) < 4.78 is 0. The Balaban J connectivity index is 3.61. The van der Waals surface area contributed by atoms with E-state index in [4.69, 9.17) is 10.2 Å². The van der Waals surface area contributed by atoms with Crippen LogP contribution in [0.25, 0.3) is 0 Å². The van der Waals surface area contributed by atoms with E-state index in [9.17, 15) is 4.79 Å². The van der Waals surface area contributed by atoms with Gasteiger partial charge in [-0.3, -0.25) is 4.79 Å². The quantitative estimate of drug-likeness (QED) is 0.511. The maximum atomic E-state index is 10.4. The second-order valence-corrected chi connectivity index (χ2v) is 2.09. The SMILES string of the molecule is CCC(NCC=CO)C(=O)O. The van der Waals surface area contributed by atoms with Crippen LogP contribution in [0.2, 0.25) is 0 Å². The zero-order chi connectivity index (χ0) is 8.69. The molecule has 64 valence electrons. The average Bonchev–Trinajstić information content (AvgIpc) is 1.97. The van der Waals surface area contributed by atoms with E-state index >= 15 is 0 Å². The van der Waals surface area contributed by atoms with Gasteiger partial charge in [0.2, 0.25) is 0 Å². The second-order valence-electron chi connectivity index (χ2n) is 2.09. The number of carboxylic acids is 1. The molecule has 0 aromatic carbocycles. The fraction of sp³-hybridized carbons (Fsp3) is 0.571. The molecule has 0 bridgehead atoms. The van der Waals surface area contributed by atoms with Crippen molar-refractivity contribution in [3.05, 3.63) is 12.3 Å². The molecule has 0 fully saturated rings. The number of aliphatic hydroxyl groups is 1. The minimum atomic E-state index is -0.862. The molecule has 0 spiro atoms. The molecule has 0 saturated carbocycles. The lowest BCUT2D eigenvalue weighted by Crippen LogP contribution is -2.35. The summed E-state index contributed by atoms with van der Waals surface area (Å²) in [6.07, 6.45) is 2.88. The summed E-state index contributed by atoms with van der Waals surface area (Å²) in [6.45, 7) is 2.16. The average molecular weight is 159 g/mol. The minimum Gasteiger partial charge on any atom is -0.516 e. The summed E-state index contributed by atoms with van der Waals surface area (Å²) >= 11 is 0. The van der Waals surface area contributed by atoms with Crippen LogP contribution in [-0.4, -0.2) is 28.8 Å². The normalized spacial score (nSPS) is 13.5. The lowest BCUT2D eigenvalue weighted by molar-refractivity contribution is -0.139. The molecule has 0 amide bonds. The Kier molecular flexibility index (Phi) is 5.20. The molecule has 4 heteroatoms. The van der Waals surface area contributed by atoms with Gasteiger partial charge in [-0.25, -0.2) is 0 Å². The molecule has 0 radical (unpaired) electrons. The molecule has 0 aliphatic carbocycles. The number of carbonyl (C=O) groups is 1. The Hall–Kier alpha value is -1.03. The van der Waals surface area contributed by atoms with Gasteiger partial charge in [0.25, 0.3) is 0 Å². The number of aliphatic carboxylic acids is 1. The smallest absolute Gasteiger partial charge is 0.320 e. The molecule has 0 rings (SSSR count). The van der Waals surface area contributed by atoms with Crippen molar-refractivity contribution in [1.29, 1.82) is 0 Å². The summed E-state index contributed by atoms with van der Waals surface area (Å²) in [6, 6.07) is -0.522. The Bertz CT molecular complexity index is 145. The molecule has 1 atom stereocenters. The number of rotatable bonds is 5. The third kappa shape index (κ3) is 4.38. The summed E-state index contributed by atoms with van der Waals surface area (Å²) in [4.78, 5) is 10.4. The van der Waals surface area contributed by atoms with Gasteiger partial charge in [0.05, 0.1) is 6.26 Å². The molecule has 0 aromatic rings. The standard InChI is InChI=1S/C7H13NO3/c1-2-6(7(10)11)8-4-3-5-9/h3,5-6,8-9H,2,4H2,1H3,(H,10,11). The van der Waals surface area contributed by atoms with Crippen molar-refractivity contribution in [2.75, 3.05) is 6.54 Å². The summed E-state index contributed by atoms with van der Waals surface area (Å²) in [5.74, 6) is -0.862. The zero-order valence-corrected chi connectivity index (χ0v) is 6.45. The molecular formula is C7H13NO3. The first-order valence-electron chi connectivity index (χ1n) is 3.47. The van der Waals surface area contributed by atoms with Crippen LogP contribution in [-0.2, 0) is 4.79 Å². The van der Waals surface area contributed by atoms with E-state index in [2.05, 4.69) is 5.32 Å². The highest BCUT2D eigenvalue weighted by Gasteiger charge is 2.11. The predicted molar refractivity (Wildman–Crippen MR) is 41.5 cm³/mol. The van der Waals surface area contributed by atoms with Crippen LogP contribution >= 0.6 is 0 Å². The lowest BCUT2D eigenvalue weighted by Gasteiger charge is -2.08. The first kappa shape index (κ1) is 9.97. The molecular weight excluding hydrogens is 146 g/mol. The first-order chi connectivity index (χ1) is 5.22. The highest BCUT2D eigenvalue weighted by atomic mass is 16.4. The van der Waals surface area contributed by atoms with Gasteiger partial charge < -0.3 is 15.5 Å². The second kappa shape index (κ2) is 5.73. The van der Waals surface area contributed by atoms with Crippen molar-refractivity contribution < 1.29 is 15.0 Å². The maximum Gasteiger partial charge on any atom is 0.320 e. The molecule has 11 heavy (non-hydrogen) atoms. The Labute approximate surface area is 65.5 Å². The van der Waals surface area contributed by atoms with E-state index in [0.29, 0.717) is 13.0 Å². The van der Waals surface area contributed by atoms with Crippen LogP contribution < -0.4 is 5.32 Å². The lowest BCUT2D eigenvalue weighted by atomic mass is 10.2. The molecule has 4 nitrogen and oxygen atoms in total. The zero-order valence-electron chi connectivity index (χ0n) is 6.45. The topological polar surface area (TPSA) is 69.6 Å². The van der Waals surface area contributed by atoms with Crippen molar-refractivity contribution in [3.8, 4) is 0 Å². The third-order valence-corrected chi connectivity index (χ3v) is 1.29. The maximum absolute atomic E-state index is 10.4.